The van der Waals surface area contributed by atoms with Gasteiger partial charge in [0.2, 0.25) is 5.91 Å². The smallest absolute Gasteiger partial charge is 0.320 e. The van der Waals surface area contributed by atoms with Crippen LogP contribution in [0.3, 0.4) is 0 Å². The summed E-state index contributed by atoms with van der Waals surface area (Å²) in [6.07, 6.45) is -5.91. The topological polar surface area (TPSA) is 169 Å². The molecule has 0 radical (unpaired) electrons. The molecule has 140 valence electrons. The van der Waals surface area contributed by atoms with Crippen LogP contribution in [0.2, 0.25) is 0 Å². The van der Waals surface area contributed by atoms with Gasteiger partial charge < -0.3 is 40.9 Å². The lowest BCUT2D eigenvalue weighted by Crippen LogP contribution is -2.64. The maximum absolute atomic E-state index is 11.9. The van der Waals surface area contributed by atoms with Crippen LogP contribution in [0.1, 0.15) is 26.7 Å². The maximum atomic E-state index is 11.9. The first-order chi connectivity index (χ1) is 11.2. The first-order valence-electron chi connectivity index (χ1n) is 7.76. The molecule has 0 aliphatic carbocycles. The summed E-state index contributed by atoms with van der Waals surface area (Å²) in [5, 5.41) is 52.6. The molecular weight excluding hydrogens is 324 g/mol. The van der Waals surface area contributed by atoms with Crippen LogP contribution < -0.4 is 10.6 Å². The van der Waals surface area contributed by atoms with E-state index in [0.717, 1.165) is 0 Å². The molecule has 6 unspecified atom stereocenters. The average Bonchev–Trinajstić information content (AvgIpc) is 2.50. The fraction of sp³-hybridized carbons (Fsp3) is 0.857. The molecule has 1 aliphatic heterocycles. The summed E-state index contributed by atoms with van der Waals surface area (Å²) in [6.45, 7) is 2.96. The Morgan fingerprint density at radius 2 is 1.79 bits per heavy atom. The molecule has 1 heterocycles. The van der Waals surface area contributed by atoms with Gasteiger partial charge in [0.15, 0.2) is 6.29 Å². The van der Waals surface area contributed by atoms with E-state index >= 15 is 0 Å². The van der Waals surface area contributed by atoms with Crippen molar-refractivity contribution in [3.05, 3.63) is 0 Å². The number of ether oxygens (including phenoxy) is 1. The first kappa shape index (κ1) is 20.7. The fourth-order valence-corrected chi connectivity index (χ4v) is 2.47. The van der Waals surface area contributed by atoms with Crippen LogP contribution in [0.4, 0.5) is 0 Å². The number of amides is 1. The van der Waals surface area contributed by atoms with Gasteiger partial charge in [-0.25, -0.2) is 0 Å². The summed E-state index contributed by atoms with van der Waals surface area (Å²) in [7, 11) is 0. The lowest BCUT2D eigenvalue weighted by atomic mass is 9.97. The number of carbonyl (C=O) groups excluding carboxylic acids is 1. The standard InChI is InChI=1S/C14H26N2O8/c1-6(2)15-7(13(21)22)3-4-9(18)16-10-12(20)11(19)8(5-17)24-14(10)23/h6-8,10-12,14-15,17,19-20,23H,3-5H2,1-2H3,(H,16,18)(H,21,22). The van der Waals surface area contributed by atoms with Crippen molar-refractivity contribution in [3.8, 4) is 0 Å². The number of rotatable bonds is 8. The molecule has 0 saturated carbocycles. The van der Waals surface area contributed by atoms with Gasteiger partial charge in [-0.05, 0) is 6.42 Å². The van der Waals surface area contributed by atoms with Gasteiger partial charge in [0.05, 0.1) is 6.61 Å². The Balaban J connectivity index is 2.56. The molecule has 10 heteroatoms. The third kappa shape index (κ3) is 5.65. The molecule has 1 fully saturated rings. The quantitative estimate of drug-likeness (QED) is 0.243. The zero-order valence-corrected chi connectivity index (χ0v) is 13.6. The number of carbonyl (C=O) groups is 2. The van der Waals surface area contributed by atoms with Crippen molar-refractivity contribution in [2.45, 2.75) is 69.4 Å². The van der Waals surface area contributed by atoms with Gasteiger partial charge in [-0.3, -0.25) is 9.59 Å². The van der Waals surface area contributed by atoms with Crippen LogP contribution in [0.25, 0.3) is 0 Å². The van der Waals surface area contributed by atoms with Gasteiger partial charge in [-0.1, -0.05) is 13.8 Å². The Labute approximate surface area is 139 Å². The van der Waals surface area contributed by atoms with Crippen LogP contribution in [0.5, 0.6) is 0 Å². The third-order valence-corrected chi connectivity index (χ3v) is 3.72. The Morgan fingerprint density at radius 3 is 2.29 bits per heavy atom. The van der Waals surface area contributed by atoms with Gasteiger partial charge in [-0.2, -0.15) is 0 Å². The van der Waals surface area contributed by atoms with Crippen LogP contribution in [-0.2, 0) is 14.3 Å². The highest BCUT2D eigenvalue weighted by Gasteiger charge is 2.44. The van der Waals surface area contributed by atoms with Gasteiger partial charge in [-0.15, -0.1) is 0 Å². The number of aliphatic hydroxyl groups excluding tert-OH is 4. The molecule has 1 aliphatic rings. The minimum absolute atomic E-state index is 0.0148. The molecule has 10 nitrogen and oxygen atoms in total. The molecule has 0 bridgehead atoms. The van der Waals surface area contributed by atoms with E-state index in [1.54, 1.807) is 13.8 Å². The highest BCUT2D eigenvalue weighted by Crippen LogP contribution is 2.19. The predicted octanol–water partition coefficient (Wildman–Crippen LogP) is -2.87. The van der Waals surface area contributed by atoms with E-state index in [4.69, 9.17) is 14.9 Å². The van der Waals surface area contributed by atoms with Gasteiger partial charge in [0.25, 0.3) is 0 Å². The van der Waals surface area contributed by atoms with E-state index in [0.29, 0.717) is 0 Å². The number of aliphatic carboxylic acids is 1. The summed E-state index contributed by atoms with van der Waals surface area (Å²) in [6, 6.07) is -2.26. The molecule has 1 amide bonds. The lowest BCUT2D eigenvalue weighted by Gasteiger charge is -2.40. The van der Waals surface area contributed by atoms with Crippen LogP contribution in [-0.4, -0.2) is 86.7 Å². The van der Waals surface area contributed by atoms with Gasteiger partial charge in [0, 0.05) is 12.5 Å². The molecule has 7 N–H and O–H groups in total. The molecule has 0 aromatic heterocycles. The highest BCUT2D eigenvalue weighted by molar-refractivity contribution is 5.78. The molecule has 0 aromatic carbocycles. The molecule has 0 spiro atoms. The molecular formula is C14H26N2O8. The van der Waals surface area contributed by atoms with E-state index in [1.807, 2.05) is 0 Å². The van der Waals surface area contributed by atoms with Crippen molar-refractivity contribution in [2.75, 3.05) is 6.61 Å². The van der Waals surface area contributed by atoms with Crippen LogP contribution >= 0.6 is 0 Å². The summed E-state index contributed by atoms with van der Waals surface area (Å²) < 4.78 is 4.92. The molecule has 24 heavy (non-hydrogen) atoms. The fourth-order valence-electron chi connectivity index (χ4n) is 2.47. The third-order valence-electron chi connectivity index (χ3n) is 3.72. The van der Waals surface area contributed by atoms with Crippen molar-refractivity contribution < 1.29 is 39.9 Å². The van der Waals surface area contributed by atoms with Crippen molar-refractivity contribution >= 4 is 11.9 Å². The van der Waals surface area contributed by atoms with E-state index in [2.05, 4.69) is 10.6 Å². The Morgan fingerprint density at radius 1 is 1.17 bits per heavy atom. The second kappa shape index (κ2) is 9.25. The number of hydrogen-bond donors (Lipinski definition) is 7. The zero-order chi connectivity index (χ0) is 18.4. The Bertz CT molecular complexity index is 433. The monoisotopic (exact) mass is 350 g/mol. The van der Waals surface area contributed by atoms with Gasteiger partial charge >= 0.3 is 5.97 Å². The highest BCUT2D eigenvalue weighted by atomic mass is 16.6. The first-order valence-corrected chi connectivity index (χ1v) is 7.76. The molecule has 0 aromatic rings. The average molecular weight is 350 g/mol. The lowest BCUT2D eigenvalue weighted by molar-refractivity contribution is -0.253. The summed E-state index contributed by atoms with van der Waals surface area (Å²) in [5.74, 6) is -1.69. The van der Waals surface area contributed by atoms with E-state index < -0.39 is 55.2 Å². The van der Waals surface area contributed by atoms with E-state index in [9.17, 15) is 24.9 Å². The van der Waals surface area contributed by atoms with Crippen molar-refractivity contribution in [2.24, 2.45) is 0 Å². The number of carboxylic acid groups (broad SMARTS) is 1. The normalized spacial score (nSPS) is 31.7. The summed E-state index contributed by atoms with van der Waals surface area (Å²) in [5.41, 5.74) is 0. The second-order valence-electron chi connectivity index (χ2n) is 6.07. The van der Waals surface area contributed by atoms with E-state index in [-0.39, 0.29) is 18.9 Å². The zero-order valence-electron chi connectivity index (χ0n) is 13.6. The Hall–Kier alpha value is -1.30. The Kier molecular flexibility index (Phi) is 8.00. The number of aliphatic hydroxyl groups is 4. The molecule has 1 rings (SSSR count). The summed E-state index contributed by atoms with van der Waals surface area (Å²) in [4.78, 5) is 23.0. The van der Waals surface area contributed by atoms with Gasteiger partial charge in [0.1, 0.15) is 30.4 Å². The molecule has 1 saturated heterocycles. The number of hydrogen-bond acceptors (Lipinski definition) is 8. The minimum atomic E-state index is -1.60. The largest absolute Gasteiger partial charge is 0.480 e. The second-order valence-corrected chi connectivity index (χ2v) is 6.07. The predicted molar refractivity (Wildman–Crippen MR) is 80.8 cm³/mol. The van der Waals surface area contributed by atoms with Crippen LogP contribution in [0, 0.1) is 0 Å². The van der Waals surface area contributed by atoms with Crippen molar-refractivity contribution in [1.82, 2.24) is 10.6 Å². The molecule has 6 atom stereocenters. The van der Waals surface area contributed by atoms with Crippen molar-refractivity contribution in [1.29, 1.82) is 0 Å². The van der Waals surface area contributed by atoms with Crippen molar-refractivity contribution in [3.63, 3.8) is 0 Å². The van der Waals surface area contributed by atoms with Crippen LogP contribution in [0.15, 0.2) is 0 Å². The summed E-state index contributed by atoms with van der Waals surface area (Å²) >= 11 is 0. The maximum Gasteiger partial charge on any atom is 0.320 e. The SMILES string of the molecule is CC(C)NC(CCC(=O)NC1C(O)OC(CO)C(O)C1O)C(=O)O. The van der Waals surface area contributed by atoms with E-state index in [1.165, 1.54) is 0 Å². The number of carboxylic acids is 1. The minimum Gasteiger partial charge on any atom is -0.480 e. The number of nitrogens with one attached hydrogen (secondary N) is 2.